The summed E-state index contributed by atoms with van der Waals surface area (Å²) < 4.78 is 22.8. The Labute approximate surface area is 498 Å². The quantitative estimate of drug-likeness (QED) is 0.0204. The van der Waals surface area contributed by atoms with Crippen molar-refractivity contribution in [3.05, 3.63) is 60.8 Å². The van der Waals surface area contributed by atoms with Crippen LogP contribution in [0.5, 0.6) is 0 Å². The molecule has 2 saturated heterocycles. The number of hydrogen-bond donors (Lipinski definition) is 9. The van der Waals surface area contributed by atoms with Gasteiger partial charge in [0.25, 0.3) is 0 Å². The maximum absolute atomic E-state index is 13.3. The van der Waals surface area contributed by atoms with Crippen LogP contribution in [0.25, 0.3) is 0 Å². The number of carbonyl (C=O) groups is 1. The van der Waals surface area contributed by atoms with Crippen molar-refractivity contribution in [3.8, 4) is 0 Å². The van der Waals surface area contributed by atoms with E-state index in [0.717, 1.165) is 64.2 Å². The normalized spacial score (nSPS) is 24.3. The minimum absolute atomic E-state index is 0.259. The van der Waals surface area contributed by atoms with Gasteiger partial charge in [0, 0.05) is 6.42 Å². The van der Waals surface area contributed by atoms with E-state index < -0.39 is 86.8 Å². The molecule has 1 amide bonds. The van der Waals surface area contributed by atoms with Crippen LogP contribution in [0.4, 0.5) is 0 Å². The molecule has 12 atom stereocenters. The van der Waals surface area contributed by atoms with Crippen LogP contribution in [0.15, 0.2) is 60.8 Å². The van der Waals surface area contributed by atoms with Gasteiger partial charge < -0.3 is 65.1 Å². The molecular formula is C68H123NO13. The predicted molar refractivity (Wildman–Crippen MR) is 332 cm³/mol. The summed E-state index contributed by atoms with van der Waals surface area (Å²) in [6, 6.07) is -0.945. The molecule has 0 aliphatic carbocycles. The third-order valence-corrected chi connectivity index (χ3v) is 16.2. The van der Waals surface area contributed by atoms with Crippen molar-refractivity contribution in [1.29, 1.82) is 0 Å². The van der Waals surface area contributed by atoms with Crippen LogP contribution in [0.2, 0.25) is 0 Å². The Bertz CT molecular complexity index is 1610. The molecule has 2 aliphatic heterocycles. The van der Waals surface area contributed by atoms with Gasteiger partial charge in [-0.2, -0.15) is 0 Å². The van der Waals surface area contributed by atoms with Crippen molar-refractivity contribution < 1.29 is 64.6 Å². The van der Waals surface area contributed by atoms with Gasteiger partial charge in [-0.25, -0.2) is 0 Å². The molecule has 2 aliphatic rings. The topological polar surface area (TPSA) is 228 Å². The van der Waals surface area contributed by atoms with E-state index in [4.69, 9.17) is 18.9 Å². The molecule has 478 valence electrons. The molecule has 0 spiro atoms. The molecule has 0 saturated carbocycles. The van der Waals surface area contributed by atoms with E-state index in [1.165, 1.54) is 173 Å². The molecule has 12 unspecified atom stereocenters. The fourth-order valence-corrected chi connectivity index (χ4v) is 10.8. The number of amides is 1. The van der Waals surface area contributed by atoms with Crippen molar-refractivity contribution in [2.75, 3.05) is 19.8 Å². The zero-order valence-electron chi connectivity index (χ0n) is 51.7. The number of carbonyl (C=O) groups excluding carboxylic acids is 1. The maximum atomic E-state index is 13.3. The zero-order chi connectivity index (χ0) is 59.5. The highest BCUT2D eigenvalue weighted by molar-refractivity contribution is 5.76. The van der Waals surface area contributed by atoms with Crippen molar-refractivity contribution >= 4 is 5.91 Å². The summed E-state index contributed by atoms with van der Waals surface area (Å²) in [5.74, 6) is -0.261. The molecular weight excluding hydrogens is 1040 g/mol. The summed E-state index contributed by atoms with van der Waals surface area (Å²) >= 11 is 0. The van der Waals surface area contributed by atoms with E-state index >= 15 is 0 Å². The number of unbranched alkanes of at least 4 members (excludes halogenated alkanes) is 33. The van der Waals surface area contributed by atoms with E-state index in [1.807, 2.05) is 6.08 Å². The largest absolute Gasteiger partial charge is 0.394 e. The molecule has 2 fully saturated rings. The number of allylic oxidation sites excluding steroid dienone is 9. The summed E-state index contributed by atoms with van der Waals surface area (Å²) in [6.07, 6.45) is 52.8. The minimum atomic E-state index is -1.80. The van der Waals surface area contributed by atoms with Gasteiger partial charge in [-0.05, 0) is 77.0 Å². The van der Waals surface area contributed by atoms with Crippen LogP contribution >= 0.6 is 0 Å². The molecule has 0 aromatic carbocycles. The Balaban J connectivity index is 1.72. The van der Waals surface area contributed by atoms with Crippen molar-refractivity contribution in [3.63, 3.8) is 0 Å². The average Bonchev–Trinajstić information content (AvgIpc) is 3.53. The molecule has 0 radical (unpaired) electrons. The van der Waals surface area contributed by atoms with Crippen LogP contribution in [0, 0.1) is 0 Å². The van der Waals surface area contributed by atoms with E-state index in [9.17, 15) is 45.6 Å². The first-order valence-corrected chi connectivity index (χ1v) is 33.5. The first-order valence-electron chi connectivity index (χ1n) is 33.5. The Morgan fingerprint density at radius 1 is 0.439 bits per heavy atom. The number of aliphatic hydroxyl groups is 8. The third-order valence-electron chi connectivity index (χ3n) is 16.2. The molecule has 2 heterocycles. The predicted octanol–water partition coefficient (Wildman–Crippen LogP) is 12.9. The highest BCUT2D eigenvalue weighted by Crippen LogP contribution is 2.30. The van der Waals surface area contributed by atoms with E-state index in [1.54, 1.807) is 6.08 Å². The molecule has 2 rings (SSSR count). The summed E-state index contributed by atoms with van der Waals surface area (Å²) in [6.45, 7) is 2.77. The first kappa shape index (κ1) is 75.8. The van der Waals surface area contributed by atoms with Crippen LogP contribution in [0.3, 0.4) is 0 Å². The van der Waals surface area contributed by atoms with Crippen LogP contribution in [-0.4, -0.2) is 140 Å². The van der Waals surface area contributed by atoms with Crippen molar-refractivity contribution in [1.82, 2.24) is 5.32 Å². The lowest BCUT2D eigenvalue weighted by Gasteiger charge is -2.46. The summed E-state index contributed by atoms with van der Waals surface area (Å²) in [7, 11) is 0. The zero-order valence-corrected chi connectivity index (χ0v) is 51.7. The number of rotatable bonds is 54. The third kappa shape index (κ3) is 37.3. The lowest BCUT2D eigenvalue weighted by atomic mass is 9.97. The highest BCUT2D eigenvalue weighted by Gasteiger charge is 2.51. The number of aliphatic hydroxyl groups excluding tert-OH is 8. The Morgan fingerprint density at radius 3 is 1.28 bits per heavy atom. The lowest BCUT2D eigenvalue weighted by molar-refractivity contribution is -0.359. The Kier molecular flexibility index (Phi) is 49.0. The Hall–Kier alpha value is -2.31. The number of nitrogens with one attached hydrogen (secondary N) is 1. The van der Waals surface area contributed by atoms with Gasteiger partial charge in [0.05, 0.1) is 32.0 Å². The summed E-state index contributed by atoms with van der Waals surface area (Å²) in [4.78, 5) is 13.3. The number of hydrogen-bond acceptors (Lipinski definition) is 13. The maximum Gasteiger partial charge on any atom is 0.220 e. The SMILES string of the molecule is CCCCCC/C=C\C/C=C\CCCCCCCCCC(=O)NC(COC1OC(CO)C(OC2OC(CO)C(O)C(O)C2O)C(O)C1O)C(O)/C=C/CC/C=C/CC/C=C/CCCCCCCCCCCCCCCCCCCCCC. The monoisotopic (exact) mass is 1160 g/mol. The number of ether oxygens (including phenoxy) is 4. The molecule has 82 heavy (non-hydrogen) atoms. The van der Waals surface area contributed by atoms with E-state index in [2.05, 4.69) is 67.8 Å². The standard InChI is InChI=1S/C68H123NO13/c1-3-5-7-9-11-13-15-17-19-21-23-24-25-26-27-28-29-30-31-32-33-34-35-37-39-41-43-45-47-49-51-57(72)56(69-60(73)52-50-48-46-44-42-40-38-36-22-20-18-16-14-12-10-8-6-4-2)55-79-67-65(78)63(76)66(59(54-71)81-67)82-68-64(77)62(75)61(74)58(53-70)80-68/h14,16,20,22,34-35,41,43,49,51,56-59,61-68,70-72,74-78H,3-13,15,17-19,21,23-33,36-40,42,44-48,50,52-55H2,1-2H3,(H,69,73)/b16-14-,22-20-,35-34+,43-41+,51-49+. The van der Waals surface area contributed by atoms with Gasteiger partial charge >= 0.3 is 0 Å². The van der Waals surface area contributed by atoms with Crippen LogP contribution in [0.1, 0.15) is 271 Å². The molecule has 9 N–H and O–H groups in total. The molecule has 0 aromatic heterocycles. The molecule has 0 bridgehead atoms. The molecule has 14 heteroatoms. The van der Waals surface area contributed by atoms with E-state index in [0.29, 0.717) is 12.8 Å². The van der Waals surface area contributed by atoms with Crippen LogP contribution in [-0.2, 0) is 23.7 Å². The smallest absolute Gasteiger partial charge is 0.220 e. The molecule has 14 nitrogen and oxygen atoms in total. The summed E-state index contributed by atoms with van der Waals surface area (Å²) in [5.41, 5.74) is 0. The highest BCUT2D eigenvalue weighted by atomic mass is 16.7. The van der Waals surface area contributed by atoms with Gasteiger partial charge in [-0.3, -0.25) is 4.79 Å². The fraction of sp³-hybridized carbons (Fsp3) is 0.838. The lowest BCUT2D eigenvalue weighted by Crippen LogP contribution is -2.65. The molecule has 0 aromatic rings. The minimum Gasteiger partial charge on any atom is -0.394 e. The Morgan fingerprint density at radius 2 is 0.817 bits per heavy atom. The van der Waals surface area contributed by atoms with Crippen LogP contribution < -0.4 is 5.32 Å². The second kappa shape index (κ2) is 53.0. The first-order chi connectivity index (χ1) is 40.1. The van der Waals surface area contributed by atoms with Gasteiger partial charge in [-0.1, -0.05) is 248 Å². The van der Waals surface area contributed by atoms with Gasteiger partial charge in [0.15, 0.2) is 12.6 Å². The van der Waals surface area contributed by atoms with Crippen molar-refractivity contribution in [2.24, 2.45) is 0 Å². The van der Waals surface area contributed by atoms with Gasteiger partial charge in [0.2, 0.25) is 5.91 Å². The second-order valence-corrected chi connectivity index (χ2v) is 23.6. The van der Waals surface area contributed by atoms with Gasteiger partial charge in [-0.15, -0.1) is 0 Å². The fourth-order valence-electron chi connectivity index (χ4n) is 10.8. The average molecular weight is 1160 g/mol. The van der Waals surface area contributed by atoms with Crippen molar-refractivity contribution in [2.45, 2.75) is 344 Å². The van der Waals surface area contributed by atoms with E-state index in [-0.39, 0.29) is 18.9 Å². The second-order valence-electron chi connectivity index (χ2n) is 23.6. The van der Waals surface area contributed by atoms with Gasteiger partial charge in [0.1, 0.15) is 48.8 Å². The summed E-state index contributed by atoms with van der Waals surface area (Å²) in [5, 5.41) is 87.2.